The number of hydrogen-bond acceptors (Lipinski definition) is 6. The Morgan fingerprint density at radius 3 is 2.36 bits per heavy atom. The highest BCUT2D eigenvalue weighted by molar-refractivity contribution is 8.00. The van der Waals surface area contributed by atoms with E-state index in [1.54, 1.807) is 6.07 Å². The first kappa shape index (κ1) is 20.0. The van der Waals surface area contributed by atoms with Crippen LogP contribution in [0.15, 0.2) is 53.4 Å². The van der Waals surface area contributed by atoms with Crippen molar-refractivity contribution in [2.75, 3.05) is 10.6 Å². The summed E-state index contributed by atoms with van der Waals surface area (Å²) in [6.45, 7) is 5.58. The zero-order chi connectivity index (χ0) is 20.1. The molecule has 1 heterocycles. The predicted octanol–water partition coefficient (Wildman–Crippen LogP) is 4.53. The Bertz CT molecular complexity index is 986. The van der Waals surface area contributed by atoms with Gasteiger partial charge in [-0.15, -0.1) is 22.0 Å². The SMILES string of the molecule is Cc1nnc(NC(=O)C(C)Sc2ccc(NC(=O)c3ccccc3C)cc2)s1. The highest BCUT2D eigenvalue weighted by atomic mass is 32.2. The molecule has 1 atom stereocenters. The fraction of sp³-hybridized carbons (Fsp3) is 0.200. The maximum Gasteiger partial charge on any atom is 0.255 e. The standard InChI is InChI=1S/C20H20N4O2S2/c1-12-6-4-5-7-17(12)19(26)21-15-8-10-16(11-9-15)27-13(2)18(25)22-20-24-23-14(3)28-20/h4-11,13H,1-3H3,(H,21,26)(H,22,24,25). The summed E-state index contributed by atoms with van der Waals surface area (Å²) in [6.07, 6.45) is 0. The molecule has 144 valence electrons. The van der Waals surface area contributed by atoms with E-state index in [0.29, 0.717) is 16.4 Å². The Hall–Kier alpha value is -2.71. The molecule has 6 nitrogen and oxygen atoms in total. The largest absolute Gasteiger partial charge is 0.322 e. The number of carbonyl (C=O) groups is 2. The van der Waals surface area contributed by atoms with Crippen LogP contribution in [0.5, 0.6) is 0 Å². The first-order valence-corrected chi connectivity index (χ1v) is 10.4. The summed E-state index contributed by atoms with van der Waals surface area (Å²) in [6, 6.07) is 14.9. The lowest BCUT2D eigenvalue weighted by Crippen LogP contribution is -2.22. The summed E-state index contributed by atoms with van der Waals surface area (Å²) >= 11 is 2.78. The number of anilines is 2. The highest BCUT2D eigenvalue weighted by Gasteiger charge is 2.16. The monoisotopic (exact) mass is 412 g/mol. The third-order valence-corrected chi connectivity index (χ3v) is 5.81. The van der Waals surface area contributed by atoms with Crippen molar-refractivity contribution >= 4 is 45.7 Å². The summed E-state index contributed by atoms with van der Waals surface area (Å²) in [5.74, 6) is -0.267. The molecule has 2 amide bonds. The van der Waals surface area contributed by atoms with E-state index >= 15 is 0 Å². The third-order valence-electron chi connectivity index (χ3n) is 3.94. The van der Waals surface area contributed by atoms with Crippen LogP contribution in [0.4, 0.5) is 10.8 Å². The van der Waals surface area contributed by atoms with Crippen LogP contribution in [0.3, 0.4) is 0 Å². The molecule has 0 spiro atoms. The lowest BCUT2D eigenvalue weighted by molar-refractivity contribution is -0.115. The van der Waals surface area contributed by atoms with Crippen molar-refractivity contribution in [1.29, 1.82) is 0 Å². The molecule has 0 fully saturated rings. The molecule has 0 aliphatic heterocycles. The first-order valence-electron chi connectivity index (χ1n) is 8.67. The van der Waals surface area contributed by atoms with E-state index in [4.69, 9.17) is 0 Å². The fourth-order valence-electron chi connectivity index (χ4n) is 2.45. The lowest BCUT2D eigenvalue weighted by atomic mass is 10.1. The minimum Gasteiger partial charge on any atom is -0.322 e. The lowest BCUT2D eigenvalue weighted by Gasteiger charge is -2.11. The molecular weight excluding hydrogens is 392 g/mol. The molecule has 1 unspecified atom stereocenters. The maximum absolute atomic E-state index is 12.4. The predicted molar refractivity (Wildman–Crippen MR) is 114 cm³/mol. The highest BCUT2D eigenvalue weighted by Crippen LogP contribution is 2.26. The molecule has 28 heavy (non-hydrogen) atoms. The van der Waals surface area contributed by atoms with Crippen molar-refractivity contribution < 1.29 is 9.59 Å². The van der Waals surface area contributed by atoms with Gasteiger partial charge in [0.25, 0.3) is 5.91 Å². The molecule has 0 saturated carbocycles. The van der Waals surface area contributed by atoms with Gasteiger partial charge in [-0.25, -0.2) is 0 Å². The number of benzene rings is 2. The normalized spacial score (nSPS) is 11.7. The number of aromatic nitrogens is 2. The quantitative estimate of drug-likeness (QED) is 0.581. The number of carbonyl (C=O) groups excluding carboxylic acids is 2. The molecule has 0 radical (unpaired) electrons. The Kier molecular flexibility index (Phi) is 6.43. The molecule has 0 bridgehead atoms. The van der Waals surface area contributed by atoms with Crippen molar-refractivity contribution in [3.8, 4) is 0 Å². The fourth-order valence-corrected chi connectivity index (χ4v) is 3.92. The molecular formula is C20H20N4O2S2. The molecule has 3 aromatic rings. The zero-order valence-electron chi connectivity index (χ0n) is 15.7. The van der Waals surface area contributed by atoms with Gasteiger partial charge in [0.2, 0.25) is 11.0 Å². The Morgan fingerprint density at radius 1 is 1.00 bits per heavy atom. The number of nitrogens with one attached hydrogen (secondary N) is 2. The van der Waals surface area contributed by atoms with Gasteiger partial charge >= 0.3 is 0 Å². The van der Waals surface area contributed by atoms with Gasteiger partial charge in [-0.3, -0.25) is 14.9 Å². The molecule has 1 aromatic heterocycles. The van der Waals surface area contributed by atoms with Crippen LogP contribution in [0.1, 0.15) is 27.9 Å². The summed E-state index contributed by atoms with van der Waals surface area (Å²) in [4.78, 5) is 25.6. The Morgan fingerprint density at radius 2 is 1.71 bits per heavy atom. The van der Waals surface area contributed by atoms with Gasteiger partial charge in [-0.05, 0) is 56.7 Å². The van der Waals surface area contributed by atoms with Gasteiger partial charge in [0.05, 0.1) is 5.25 Å². The van der Waals surface area contributed by atoms with Crippen LogP contribution in [-0.2, 0) is 4.79 Å². The molecule has 0 aliphatic rings. The van der Waals surface area contributed by atoms with Gasteiger partial charge in [0, 0.05) is 16.1 Å². The Labute approximate surface area is 171 Å². The maximum atomic E-state index is 12.4. The van der Waals surface area contributed by atoms with Crippen LogP contribution >= 0.6 is 23.1 Å². The van der Waals surface area contributed by atoms with E-state index in [-0.39, 0.29) is 17.1 Å². The summed E-state index contributed by atoms with van der Waals surface area (Å²) in [7, 11) is 0. The van der Waals surface area contributed by atoms with Crippen LogP contribution < -0.4 is 10.6 Å². The molecule has 2 N–H and O–H groups in total. The minimum atomic E-state index is -0.295. The van der Waals surface area contributed by atoms with Gasteiger partial charge in [0.15, 0.2) is 0 Å². The second-order valence-electron chi connectivity index (χ2n) is 6.17. The van der Waals surface area contributed by atoms with Crippen LogP contribution in [0.25, 0.3) is 0 Å². The second kappa shape index (κ2) is 8.99. The van der Waals surface area contributed by atoms with E-state index < -0.39 is 0 Å². The van der Waals surface area contributed by atoms with Crippen LogP contribution in [0.2, 0.25) is 0 Å². The first-order chi connectivity index (χ1) is 13.4. The number of amides is 2. The van der Waals surface area contributed by atoms with Gasteiger partial charge < -0.3 is 5.32 Å². The average Bonchev–Trinajstić information content (AvgIpc) is 3.08. The molecule has 8 heteroatoms. The van der Waals surface area contributed by atoms with Crippen molar-refractivity contribution in [2.24, 2.45) is 0 Å². The summed E-state index contributed by atoms with van der Waals surface area (Å²) in [5, 5.41) is 14.5. The van der Waals surface area contributed by atoms with Crippen molar-refractivity contribution in [2.45, 2.75) is 30.9 Å². The van der Waals surface area contributed by atoms with E-state index in [1.807, 2.05) is 63.2 Å². The van der Waals surface area contributed by atoms with Crippen molar-refractivity contribution in [3.05, 3.63) is 64.7 Å². The molecule has 0 aliphatic carbocycles. The summed E-state index contributed by atoms with van der Waals surface area (Å²) in [5.41, 5.74) is 2.29. The topological polar surface area (TPSA) is 84.0 Å². The third kappa shape index (κ3) is 5.17. The number of nitrogens with zero attached hydrogens (tertiary/aromatic N) is 2. The number of rotatable bonds is 6. The van der Waals surface area contributed by atoms with Gasteiger partial charge in [-0.1, -0.05) is 29.5 Å². The van der Waals surface area contributed by atoms with E-state index in [9.17, 15) is 9.59 Å². The van der Waals surface area contributed by atoms with Crippen molar-refractivity contribution in [1.82, 2.24) is 10.2 Å². The van der Waals surface area contributed by atoms with E-state index in [1.165, 1.54) is 23.1 Å². The molecule has 2 aromatic carbocycles. The van der Waals surface area contributed by atoms with Crippen molar-refractivity contribution in [3.63, 3.8) is 0 Å². The number of hydrogen-bond donors (Lipinski definition) is 2. The smallest absolute Gasteiger partial charge is 0.255 e. The number of aryl methyl sites for hydroxylation is 2. The zero-order valence-corrected chi connectivity index (χ0v) is 17.4. The van der Waals surface area contributed by atoms with Crippen LogP contribution in [0, 0.1) is 13.8 Å². The molecule has 3 rings (SSSR count). The van der Waals surface area contributed by atoms with Gasteiger partial charge in [0.1, 0.15) is 5.01 Å². The summed E-state index contributed by atoms with van der Waals surface area (Å²) < 4.78 is 0. The van der Waals surface area contributed by atoms with Gasteiger partial charge in [-0.2, -0.15) is 0 Å². The minimum absolute atomic E-state index is 0.127. The van der Waals surface area contributed by atoms with E-state index in [0.717, 1.165) is 15.5 Å². The van der Waals surface area contributed by atoms with Crippen LogP contribution in [-0.4, -0.2) is 27.3 Å². The number of thioether (sulfide) groups is 1. The van der Waals surface area contributed by atoms with E-state index in [2.05, 4.69) is 20.8 Å². The Balaban J connectivity index is 1.57. The average molecular weight is 413 g/mol. The second-order valence-corrected chi connectivity index (χ2v) is 8.76. The molecule has 0 saturated heterocycles.